The molecule has 1 saturated heterocycles. The molecule has 0 radical (unpaired) electrons. The number of rotatable bonds is 10. The van der Waals surface area contributed by atoms with E-state index in [4.69, 9.17) is 26.1 Å². The van der Waals surface area contributed by atoms with E-state index in [1.807, 2.05) is 19.1 Å². The Hall–Kier alpha value is -5.07. The van der Waals surface area contributed by atoms with Crippen LogP contribution in [0.15, 0.2) is 60.9 Å². The number of halogens is 1. The number of aromatic nitrogens is 3. The van der Waals surface area contributed by atoms with Crippen molar-refractivity contribution in [3.05, 3.63) is 88.3 Å². The molecule has 1 aromatic carbocycles. The third-order valence-corrected chi connectivity index (χ3v) is 8.30. The number of carbonyl (C=O) groups excluding carboxylic acids is 3. The first kappa shape index (κ1) is 35.2. The lowest BCUT2D eigenvalue weighted by molar-refractivity contribution is -0.119. The van der Waals surface area contributed by atoms with Crippen LogP contribution in [-0.2, 0) is 22.7 Å². The Labute approximate surface area is 289 Å². The van der Waals surface area contributed by atoms with Crippen molar-refractivity contribution in [2.45, 2.75) is 65.3 Å². The lowest BCUT2D eigenvalue weighted by Gasteiger charge is -2.29. The van der Waals surface area contributed by atoms with Crippen molar-refractivity contribution in [2.24, 2.45) is 0 Å². The van der Waals surface area contributed by atoms with Crippen LogP contribution in [0.5, 0.6) is 5.88 Å². The van der Waals surface area contributed by atoms with E-state index >= 15 is 0 Å². The third kappa shape index (κ3) is 8.51. The number of carbonyl (C=O) groups is 3. The molecule has 0 unspecified atom stereocenters. The van der Waals surface area contributed by atoms with Crippen LogP contribution in [0.2, 0.25) is 5.02 Å². The van der Waals surface area contributed by atoms with E-state index in [-0.39, 0.29) is 37.3 Å². The highest BCUT2D eigenvalue weighted by Crippen LogP contribution is 2.38. The molecule has 1 aliphatic heterocycles. The second-order valence-corrected chi connectivity index (χ2v) is 13.1. The van der Waals surface area contributed by atoms with Crippen LogP contribution in [0.4, 0.5) is 10.5 Å². The van der Waals surface area contributed by atoms with Crippen LogP contribution in [0.3, 0.4) is 0 Å². The first-order valence-electron chi connectivity index (χ1n) is 15.8. The summed E-state index contributed by atoms with van der Waals surface area (Å²) in [5.74, 6) is -0.159. The quantitative estimate of drug-likeness (QED) is 0.184. The summed E-state index contributed by atoms with van der Waals surface area (Å²) in [4.78, 5) is 53.0. The van der Waals surface area contributed by atoms with Gasteiger partial charge in [0.2, 0.25) is 11.8 Å². The Bertz CT molecular complexity index is 1880. The molecule has 0 spiro atoms. The Morgan fingerprint density at radius 2 is 1.88 bits per heavy atom. The van der Waals surface area contributed by atoms with Gasteiger partial charge in [-0.25, -0.2) is 9.78 Å². The SMILES string of the molecule is COc1nc(-c2ccnc(-c3cccc(NC(=O)c4cc(CO)ccn4)c3C)c2Cl)ccc1CN(C[C@@H]1CCC(=O)N1)C(=O)OC(C)(C)C. The highest BCUT2D eigenvalue weighted by molar-refractivity contribution is 6.35. The summed E-state index contributed by atoms with van der Waals surface area (Å²) in [6, 6.07) is 13.8. The lowest BCUT2D eigenvalue weighted by atomic mass is 10.0. The van der Waals surface area contributed by atoms with Gasteiger partial charge in [-0.2, -0.15) is 0 Å². The van der Waals surface area contributed by atoms with Crippen LogP contribution in [0, 0.1) is 6.92 Å². The summed E-state index contributed by atoms with van der Waals surface area (Å²) >= 11 is 7.00. The zero-order valence-corrected chi connectivity index (χ0v) is 28.8. The van der Waals surface area contributed by atoms with Crippen molar-refractivity contribution in [3.63, 3.8) is 0 Å². The molecule has 5 rings (SSSR count). The molecule has 49 heavy (non-hydrogen) atoms. The number of amides is 3. The van der Waals surface area contributed by atoms with Gasteiger partial charge < -0.3 is 30.1 Å². The van der Waals surface area contributed by atoms with Gasteiger partial charge in [0, 0.05) is 53.8 Å². The summed E-state index contributed by atoms with van der Waals surface area (Å²) in [6.07, 6.45) is 3.64. The second-order valence-electron chi connectivity index (χ2n) is 12.7. The van der Waals surface area contributed by atoms with Crippen molar-refractivity contribution < 1.29 is 29.0 Å². The van der Waals surface area contributed by atoms with Crippen molar-refractivity contribution in [1.29, 1.82) is 0 Å². The molecule has 3 amide bonds. The molecule has 0 aliphatic carbocycles. The predicted molar refractivity (Wildman–Crippen MR) is 185 cm³/mol. The number of hydrogen-bond donors (Lipinski definition) is 3. The average Bonchev–Trinajstić information content (AvgIpc) is 3.49. The van der Waals surface area contributed by atoms with E-state index < -0.39 is 17.6 Å². The fourth-order valence-electron chi connectivity index (χ4n) is 5.47. The Morgan fingerprint density at radius 1 is 1.10 bits per heavy atom. The number of ether oxygens (including phenoxy) is 2. The standard InChI is InChI=1S/C36H39ClN6O6/c1-21-25(7-6-8-27(21)41-33(46)29-17-22(20-44)13-15-38-29)32-31(37)26(14-16-39-32)28-11-9-23(34(42-28)48-5)18-43(35(47)49-36(2,3)4)19-24-10-12-30(45)40-24/h6-9,11,13-17,24,44H,10,12,18-20H2,1-5H3,(H,40,45)(H,41,46)/t24-/m0/s1. The van der Waals surface area contributed by atoms with E-state index in [2.05, 4.69) is 20.6 Å². The molecule has 0 bridgehead atoms. The van der Waals surface area contributed by atoms with Crippen LogP contribution >= 0.6 is 11.6 Å². The van der Waals surface area contributed by atoms with Crippen molar-refractivity contribution in [2.75, 3.05) is 19.0 Å². The fraction of sp³-hybridized carbons (Fsp3) is 0.333. The molecule has 13 heteroatoms. The Kier molecular flexibility index (Phi) is 10.8. The zero-order valence-electron chi connectivity index (χ0n) is 28.0. The summed E-state index contributed by atoms with van der Waals surface area (Å²) in [5.41, 5.74) is 4.32. The van der Waals surface area contributed by atoms with Crippen LogP contribution < -0.4 is 15.4 Å². The van der Waals surface area contributed by atoms with Gasteiger partial charge in [0.25, 0.3) is 5.91 Å². The van der Waals surface area contributed by atoms with Gasteiger partial charge in [-0.3, -0.25) is 19.6 Å². The van der Waals surface area contributed by atoms with E-state index in [0.29, 0.717) is 63.1 Å². The fourth-order valence-corrected chi connectivity index (χ4v) is 5.78. The number of methoxy groups -OCH3 is 1. The van der Waals surface area contributed by atoms with E-state index in [1.54, 1.807) is 62.2 Å². The molecular weight excluding hydrogens is 648 g/mol. The van der Waals surface area contributed by atoms with E-state index in [0.717, 1.165) is 5.56 Å². The second kappa shape index (κ2) is 15.0. The molecule has 256 valence electrons. The summed E-state index contributed by atoms with van der Waals surface area (Å²) in [7, 11) is 1.50. The summed E-state index contributed by atoms with van der Waals surface area (Å²) in [6.45, 7) is 7.47. The van der Waals surface area contributed by atoms with Crippen LogP contribution in [-0.4, -0.2) is 68.2 Å². The third-order valence-electron chi connectivity index (χ3n) is 7.91. The first-order valence-corrected chi connectivity index (χ1v) is 16.2. The molecule has 1 fully saturated rings. The highest BCUT2D eigenvalue weighted by Gasteiger charge is 2.29. The number of nitrogens with zero attached hydrogens (tertiary/aromatic N) is 4. The highest BCUT2D eigenvalue weighted by atomic mass is 35.5. The molecule has 1 atom stereocenters. The molecule has 12 nitrogen and oxygen atoms in total. The topological polar surface area (TPSA) is 156 Å². The summed E-state index contributed by atoms with van der Waals surface area (Å²) in [5, 5.41) is 15.6. The largest absolute Gasteiger partial charge is 0.481 e. The first-order chi connectivity index (χ1) is 23.4. The van der Waals surface area contributed by atoms with Gasteiger partial charge in [0.05, 0.1) is 36.7 Å². The number of pyridine rings is 3. The van der Waals surface area contributed by atoms with Crippen LogP contribution in [0.25, 0.3) is 22.5 Å². The maximum absolute atomic E-state index is 13.2. The molecular formula is C36H39ClN6O6. The number of nitrogens with one attached hydrogen (secondary N) is 2. The molecule has 3 N–H and O–H groups in total. The average molecular weight is 687 g/mol. The Morgan fingerprint density at radius 3 is 2.57 bits per heavy atom. The number of hydrogen-bond acceptors (Lipinski definition) is 9. The number of aliphatic hydroxyl groups is 1. The monoisotopic (exact) mass is 686 g/mol. The van der Waals surface area contributed by atoms with Gasteiger partial charge in [0.15, 0.2) is 0 Å². The van der Waals surface area contributed by atoms with Gasteiger partial charge in [-0.1, -0.05) is 23.7 Å². The number of aliphatic hydroxyl groups excluding tert-OH is 1. The van der Waals surface area contributed by atoms with E-state index in [1.165, 1.54) is 19.4 Å². The molecule has 3 aromatic heterocycles. The molecule has 4 heterocycles. The Balaban J connectivity index is 1.42. The molecule has 4 aromatic rings. The van der Waals surface area contributed by atoms with Gasteiger partial charge >= 0.3 is 6.09 Å². The minimum Gasteiger partial charge on any atom is -0.481 e. The van der Waals surface area contributed by atoms with Crippen molar-refractivity contribution in [3.8, 4) is 28.4 Å². The van der Waals surface area contributed by atoms with Crippen LogP contribution in [0.1, 0.15) is 60.8 Å². The van der Waals surface area contributed by atoms with Crippen molar-refractivity contribution >= 4 is 35.2 Å². The lowest BCUT2D eigenvalue weighted by Crippen LogP contribution is -2.43. The van der Waals surface area contributed by atoms with Gasteiger partial charge in [-0.05, 0) is 81.6 Å². The number of benzene rings is 1. The van der Waals surface area contributed by atoms with Gasteiger partial charge in [-0.15, -0.1) is 0 Å². The molecule has 0 saturated carbocycles. The van der Waals surface area contributed by atoms with Crippen molar-refractivity contribution in [1.82, 2.24) is 25.2 Å². The van der Waals surface area contributed by atoms with Gasteiger partial charge in [0.1, 0.15) is 11.3 Å². The smallest absolute Gasteiger partial charge is 0.410 e. The minimum atomic E-state index is -0.705. The normalized spacial score (nSPS) is 14.3. The maximum Gasteiger partial charge on any atom is 0.410 e. The molecule has 1 aliphatic rings. The minimum absolute atomic E-state index is 0.0418. The summed E-state index contributed by atoms with van der Waals surface area (Å²) < 4.78 is 11.3. The predicted octanol–water partition coefficient (Wildman–Crippen LogP) is 5.94. The maximum atomic E-state index is 13.2. The number of anilines is 1. The zero-order chi connectivity index (χ0) is 35.3. The van der Waals surface area contributed by atoms with E-state index in [9.17, 15) is 19.5 Å².